The average Bonchev–Trinajstić information content (AvgIpc) is 2.37. The first-order chi connectivity index (χ1) is 6.59. The van der Waals surface area contributed by atoms with E-state index in [1.807, 2.05) is 25.1 Å². The van der Waals surface area contributed by atoms with Crippen LogP contribution in [0.2, 0.25) is 0 Å². The number of carbonyl (C=O) groups is 1. The Balaban J connectivity index is 2.62. The van der Waals surface area contributed by atoms with Gasteiger partial charge in [-0.3, -0.25) is 4.79 Å². The maximum absolute atomic E-state index is 11.8. The molecule has 0 atom stereocenters. The number of carbonyl (C=O) groups excluding carboxylic acids is 1. The summed E-state index contributed by atoms with van der Waals surface area (Å²) in [6.07, 6.45) is 0. The van der Waals surface area contributed by atoms with Crippen LogP contribution < -0.4 is 4.90 Å². The Morgan fingerprint density at radius 2 is 2.00 bits per heavy atom. The van der Waals surface area contributed by atoms with Gasteiger partial charge in [0, 0.05) is 12.1 Å². The van der Waals surface area contributed by atoms with Crippen molar-refractivity contribution in [3.63, 3.8) is 0 Å². The van der Waals surface area contributed by atoms with E-state index >= 15 is 0 Å². The number of hydrogen-bond acceptors (Lipinski definition) is 1. The summed E-state index contributed by atoms with van der Waals surface area (Å²) in [5.74, 6) is -0.260. The SMILES string of the molecule is CCN1C(=O)C(Cl)(Cl)c2ccccc21. The first-order valence-corrected chi connectivity index (χ1v) is 5.14. The highest BCUT2D eigenvalue weighted by Gasteiger charge is 2.47. The molecule has 0 aromatic heterocycles. The number of rotatable bonds is 1. The summed E-state index contributed by atoms with van der Waals surface area (Å²) in [5, 5.41) is 0. The molecule has 0 spiro atoms. The van der Waals surface area contributed by atoms with E-state index in [1.165, 1.54) is 0 Å². The zero-order valence-electron chi connectivity index (χ0n) is 7.63. The van der Waals surface area contributed by atoms with Gasteiger partial charge in [0.25, 0.3) is 5.91 Å². The van der Waals surface area contributed by atoms with Gasteiger partial charge in [0.2, 0.25) is 4.33 Å². The molecule has 14 heavy (non-hydrogen) atoms. The van der Waals surface area contributed by atoms with Gasteiger partial charge in [-0.25, -0.2) is 0 Å². The van der Waals surface area contributed by atoms with Crippen molar-refractivity contribution >= 4 is 34.8 Å². The third kappa shape index (κ3) is 1.14. The van der Waals surface area contributed by atoms with Crippen LogP contribution in [0.3, 0.4) is 0 Å². The fourth-order valence-electron chi connectivity index (χ4n) is 1.68. The van der Waals surface area contributed by atoms with E-state index in [1.54, 1.807) is 11.0 Å². The highest BCUT2D eigenvalue weighted by Crippen LogP contribution is 2.47. The molecule has 0 fully saturated rings. The molecular formula is C10H9Cl2NO. The average molecular weight is 230 g/mol. The van der Waals surface area contributed by atoms with Gasteiger partial charge in [-0.15, -0.1) is 0 Å². The van der Waals surface area contributed by atoms with E-state index in [9.17, 15) is 4.79 Å². The number of nitrogens with zero attached hydrogens (tertiary/aromatic N) is 1. The van der Waals surface area contributed by atoms with Crippen LogP contribution in [0, 0.1) is 0 Å². The van der Waals surface area contributed by atoms with E-state index in [2.05, 4.69) is 0 Å². The van der Waals surface area contributed by atoms with Crippen molar-refractivity contribution < 1.29 is 4.79 Å². The lowest BCUT2D eigenvalue weighted by Crippen LogP contribution is -2.33. The molecule has 0 N–H and O–H groups in total. The van der Waals surface area contributed by atoms with E-state index in [0.29, 0.717) is 12.1 Å². The third-order valence-corrected chi connectivity index (χ3v) is 3.09. The molecule has 0 saturated heterocycles. The summed E-state index contributed by atoms with van der Waals surface area (Å²) in [6, 6.07) is 7.32. The summed E-state index contributed by atoms with van der Waals surface area (Å²) in [4.78, 5) is 13.4. The normalized spacial score (nSPS) is 18.5. The minimum Gasteiger partial charge on any atom is -0.309 e. The molecule has 1 aliphatic heterocycles. The Hall–Kier alpha value is -0.730. The maximum atomic E-state index is 11.8. The first kappa shape index (κ1) is 9.81. The van der Waals surface area contributed by atoms with Gasteiger partial charge in [-0.2, -0.15) is 0 Å². The van der Waals surface area contributed by atoms with Crippen LogP contribution in [-0.2, 0) is 9.13 Å². The second-order valence-corrected chi connectivity index (χ2v) is 4.47. The van der Waals surface area contributed by atoms with Crippen LogP contribution in [-0.4, -0.2) is 12.5 Å². The molecule has 1 aromatic rings. The second kappa shape index (κ2) is 3.14. The van der Waals surface area contributed by atoms with Crippen molar-refractivity contribution in [1.82, 2.24) is 0 Å². The number of hydrogen-bond donors (Lipinski definition) is 0. The fourth-order valence-corrected chi connectivity index (χ4v) is 2.21. The van der Waals surface area contributed by atoms with E-state index < -0.39 is 4.33 Å². The molecule has 0 bridgehead atoms. The minimum atomic E-state index is -1.41. The van der Waals surface area contributed by atoms with Gasteiger partial charge in [-0.05, 0) is 13.0 Å². The minimum absolute atomic E-state index is 0.260. The van der Waals surface area contributed by atoms with Crippen LogP contribution in [0.15, 0.2) is 24.3 Å². The van der Waals surface area contributed by atoms with Gasteiger partial charge >= 0.3 is 0 Å². The number of amides is 1. The lowest BCUT2D eigenvalue weighted by atomic mass is 10.1. The van der Waals surface area contributed by atoms with Crippen molar-refractivity contribution in [2.24, 2.45) is 0 Å². The van der Waals surface area contributed by atoms with Crippen LogP contribution in [0.25, 0.3) is 0 Å². The number of halogens is 2. The molecule has 0 radical (unpaired) electrons. The molecule has 1 aromatic carbocycles. The lowest BCUT2D eigenvalue weighted by molar-refractivity contribution is -0.118. The largest absolute Gasteiger partial charge is 0.309 e. The van der Waals surface area contributed by atoms with Gasteiger partial charge in [0.15, 0.2) is 0 Å². The molecular weight excluding hydrogens is 221 g/mol. The topological polar surface area (TPSA) is 20.3 Å². The molecule has 74 valence electrons. The summed E-state index contributed by atoms with van der Waals surface area (Å²) in [5.41, 5.74) is 1.49. The second-order valence-electron chi connectivity index (χ2n) is 3.14. The van der Waals surface area contributed by atoms with Crippen LogP contribution >= 0.6 is 23.2 Å². The van der Waals surface area contributed by atoms with E-state index in [4.69, 9.17) is 23.2 Å². The molecule has 2 nitrogen and oxygen atoms in total. The van der Waals surface area contributed by atoms with Crippen molar-refractivity contribution in [2.75, 3.05) is 11.4 Å². The molecule has 0 aliphatic carbocycles. The predicted octanol–water partition coefficient (Wildman–Crippen LogP) is 2.68. The van der Waals surface area contributed by atoms with Crippen molar-refractivity contribution in [3.8, 4) is 0 Å². The molecule has 4 heteroatoms. The van der Waals surface area contributed by atoms with Gasteiger partial charge in [-0.1, -0.05) is 41.4 Å². The Kier molecular flexibility index (Phi) is 2.20. The highest BCUT2D eigenvalue weighted by atomic mass is 35.5. The van der Waals surface area contributed by atoms with E-state index in [-0.39, 0.29) is 5.91 Å². The summed E-state index contributed by atoms with van der Waals surface area (Å²) in [7, 11) is 0. The predicted molar refractivity (Wildman–Crippen MR) is 57.9 cm³/mol. The number of likely N-dealkylation sites (N-methyl/N-ethyl adjacent to an activating group) is 1. The zero-order valence-corrected chi connectivity index (χ0v) is 9.14. The Labute approximate surface area is 92.4 Å². The van der Waals surface area contributed by atoms with Crippen molar-refractivity contribution in [1.29, 1.82) is 0 Å². The number of alkyl halides is 2. The Morgan fingerprint density at radius 3 is 2.64 bits per heavy atom. The quantitative estimate of drug-likeness (QED) is 0.679. The Bertz CT molecular complexity index is 389. The van der Waals surface area contributed by atoms with Crippen molar-refractivity contribution in [2.45, 2.75) is 11.3 Å². The monoisotopic (exact) mass is 229 g/mol. The smallest absolute Gasteiger partial charge is 0.268 e. The summed E-state index contributed by atoms with van der Waals surface area (Å²) in [6.45, 7) is 2.47. The van der Waals surface area contributed by atoms with Crippen LogP contribution in [0.1, 0.15) is 12.5 Å². The summed E-state index contributed by atoms with van der Waals surface area (Å²) < 4.78 is -1.41. The highest BCUT2D eigenvalue weighted by molar-refractivity contribution is 6.60. The number of fused-ring (bicyclic) bond motifs is 1. The van der Waals surface area contributed by atoms with Gasteiger partial charge in [0.05, 0.1) is 5.69 Å². The van der Waals surface area contributed by atoms with Crippen molar-refractivity contribution in [3.05, 3.63) is 29.8 Å². The molecule has 0 saturated carbocycles. The van der Waals surface area contributed by atoms with Crippen LogP contribution in [0.5, 0.6) is 0 Å². The maximum Gasteiger partial charge on any atom is 0.268 e. The third-order valence-electron chi connectivity index (χ3n) is 2.36. The first-order valence-electron chi connectivity index (χ1n) is 4.38. The lowest BCUT2D eigenvalue weighted by Gasteiger charge is -2.15. The van der Waals surface area contributed by atoms with E-state index in [0.717, 1.165) is 5.69 Å². The number of anilines is 1. The molecule has 0 unspecified atom stereocenters. The molecule has 1 amide bonds. The van der Waals surface area contributed by atoms with Gasteiger partial charge in [0.1, 0.15) is 0 Å². The number of benzene rings is 1. The zero-order chi connectivity index (χ0) is 10.3. The van der Waals surface area contributed by atoms with Gasteiger partial charge < -0.3 is 4.90 Å². The van der Waals surface area contributed by atoms with Crippen LogP contribution in [0.4, 0.5) is 5.69 Å². The molecule has 1 heterocycles. The molecule has 1 aliphatic rings. The molecule has 2 rings (SSSR count). The standard InChI is InChI=1S/C10H9Cl2NO/c1-2-13-8-6-4-3-5-7(8)10(11,12)9(13)14/h3-6H,2H2,1H3. The Morgan fingerprint density at radius 1 is 1.36 bits per heavy atom. The summed E-state index contributed by atoms with van der Waals surface area (Å²) >= 11 is 12.0. The number of para-hydroxylation sites is 1. The fraction of sp³-hybridized carbons (Fsp3) is 0.300.